The van der Waals surface area contributed by atoms with Crippen LogP contribution in [0.1, 0.15) is 43.3 Å². The summed E-state index contributed by atoms with van der Waals surface area (Å²) in [5.74, 6) is 3.14. The second-order valence-corrected chi connectivity index (χ2v) is 7.75. The SMILES string of the molecule is CCc1nncn1CCNC(=NCC1CCOC1)NC(C)c1cc(C)ccc1OC. The van der Waals surface area contributed by atoms with Crippen LogP contribution < -0.4 is 15.4 Å². The molecule has 164 valence electrons. The Bertz CT molecular complexity index is 829. The van der Waals surface area contributed by atoms with Crippen LogP contribution in [0.5, 0.6) is 5.75 Å². The van der Waals surface area contributed by atoms with Crippen LogP contribution in [0.2, 0.25) is 0 Å². The van der Waals surface area contributed by atoms with Crippen molar-refractivity contribution in [1.29, 1.82) is 0 Å². The minimum atomic E-state index is 0.0482. The van der Waals surface area contributed by atoms with Gasteiger partial charge in [0.1, 0.15) is 17.9 Å². The summed E-state index contributed by atoms with van der Waals surface area (Å²) in [5.41, 5.74) is 2.32. The van der Waals surface area contributed by atoms with E-state index in [0.717, 1.165) is 68.8 Å². The second-order valence-electron chi connectivity index (χ2n) is 7.75. The Hall–Kier alpha value is -2.61. The van der Waals surface area contributed by atoms with Crippen LogP contribution in [0.3, 0.4) is 0 Å². The molecule has 8 heteroatoms. The van der Waals surface area contributed by atoms with Gasteiger partial charge in [0.05, 0.1) is 19.8 Å². The summed E-state index contributed by atoms with van der Waals surface area (Å²) in [6.07, 6.45) is 3.71. The van der Waals surface area contributed by atoms with E-state index in [-0.39, 0.29) is 6.04 Å². The molecule has 1 aromatic carbocycles. The second kappa shape index (κ2) is 11.0. The topological polar surface area (TPSA) is 85.6 Å². The van der Waals surface area contributed by atoms with E-state index >= 15 is 0 Å². The van der Waals surface area contributed by atoms with Gasteiger partial charge in [-0.1, -0.05) is 24.6 Å². The molecule has 2 aromatic rings. The van der Waals surface area contributed by atoms with Crippen molar-refractivity contribution in [2.24, 2.45) is 10.9 Å². The maximum atomic E-state index is 5.57. The first-order valence-corrected chi connectivity index (χ1v) is 10.7. The molecular formula is C22H34N6O2. The fourth-order valence-corrected chi connectivity index (χ4v) is 3.61. The fourth-order valence-electron chi connectivity index (χ4n) is 3.61. The van der Waals surface area contributed by atoms with Crippen LogP contribution in [0.25, 0.3) is 0 Å². The van der Waals surface area contributed by atoms with Gasteiger partial charge in [0.2, 0.25) is 0 Å². The number of hydrogen-bond acceptors (Lipinski definition) is 5. The van der Waals surface area contributed by atoms with Gasteiger partial charge >= 0.3 is 0 Å². The molecular weight excluding hydrogens is 380 g/mol. The number of rotatable bonds is 9. The van der Waals surface area contributed by atoms with Crippen molar-refractivity contribution in [3.05, 3.63) is 41.5 Å². The summed E-state index contributed by atoms with van der Waals surface area (Å²) in [4.78, 5) is 4.84. The minimum absolute atomic E-state index is 0.0482. The molecule has 0 saturated carbocycles. The highest BCUT2D eigenvalue weighted by molar-refractivity contribution is 5.80. The van der Waals surface area contributed by atoms with Crippen molar-refractivity contribution in [2.45, 2.75) is 46.2 Å². The third-order valence-electron chi connectivity index (χ3n) is 5.39. The quantitative estimate of drug-likeness (QED) is 0.484. The van der Waals surface area contributed by atoms with Gasteiger partial charge in [0, 0.05) is 44.1 Å². The zero-order valence-corrected chi connectivity index (χ0v) is 18.5. The number of guanidine groups is 1. The zero-order valence-electron chi connectivity index (χ0n) is 18.5. The van der Waals surface area contributed by atoms with Gasteiger partial charge in [-0.2, -0.15) is 0 Å². The molecule has 1 saturated heterocycles. The average molecular weight is 415 g/mol. The van der Waals surface area contributed by atoms with Crippen molar-refractivity contribution in [1.82, 2.24) is 25.4 Å². The summed E-state index contributed by atoms with van der Waals surface area (Å²) < 4.78 is 13.1. The van der Waals surface area contributed by atoms with Crippen molar-refractivity contribution in [3.63, 3.8) is 0 Å². The largest absolute Gasteiger partial charge is 0.496 e. The number of aromatic nitrogens is 3. The summed E-state index contributed by atoms with van der Waals surface area (Å²) in [6, 6.07) is 6.28. The summed E-state index contributed by atoms with van der Waals surface area (Å²) >= 11 is 0. The lowest BCUT2D eigenvalue weighted by molar-refractivity contribution is 0.187. The number of hydrogen-bond donors (Lipinski definition) is 2. The Balaban J connectivity index is 1.67. The van der Waals surface area contributed by atoms with Gasteiger partial charge in [-0.3, -0.25) is 4.99 Å². The van der Waals surface area contributed by atoms with Crippen LogP contribution >= 0.6 is 0 Å². The minimum Gasteiger partial charge on any atom is -0.496 e. The third-order valence-corrected chi connectivity index (χ3v) is 5.39. The number of nitrogens with zero attached hydrogens (tertiary/aromatic N) is 4. The fraction of sp³-hybridized carbons (Fsp3) is 0.591. The molecule has 1 aliphatic rings. The van der Waals surface area contributed by atoms with Crippen molar-refractivity contribution < 1.29 is 9.47 Å². The molecule has 30 heavy (non-hydrogen) atoms. The zero-order chi connectivity index (χ0) is 21.3. The van der Waals surface area contributed by atoms with Crippen molar-refractivity contribution in [3.8, 4) is 5.75 Å². The van der Waals surface area contributed by atoms with E-state index in [9.17, 15) is 0 Å². The predicted molar refractivity (Wildman–Crippen MR) is 118 cm³/mol. The van der Waals surface area contributed by atoms with Gasteiger partial charge in [0.25, 0.3) is 0 Å². The third kappa shape index (κ3) is 5.95. The highest BCUT2D eigenvalue weighted by Crippen LogP contribution is 2.26. The lowest BCUT2D eigenvalue weighted by Gasteiger charge is -2.21. The monoisotopic (exact) mass is 414 g/mol. The lowest BCUT2D eigenvalue weighted by Crippen LogP contribution is -2.40. The van der Waals surface area contributed by atoms with Gasteiger partial charge in [0.15, 0.2) is 5.96 Å². The molecule has 0 radical (unpaired) electrons. The Morgan fingerprint density at radius 2 is 2.30 bits per heavy atom. The molecule has 3 rings (SSSR count). The predicted octanol–water partition coefficient (Wildman–Crippen LogP) is 2.49. The van der Waals surface area contributed by atoms with E-state index in [1.165, 1.54) is 5.56 Å². The van der Waals surface area contributed by atoms with Crippen LogP contribution in [-0.4, -0.2) is 54.1 Å². The molecule has 1 aromatic heterocycles. The summed E-state index contributed by atoms with van der Waals surface area (Å²) in [7, 11) is 1.71. The first-order chi connectivity index (χ1) is 14.6. The Labute approximate surface area is 179 Å². The highest BCUT2D eigenvalue weighted by atomic mass is 16.5. The highest BCUT2D eigenvalue weighted by Gasteiger charge is 2.17. The lowest BCUT2D eigenvalue weighted by atomic mass is 10.0. The van der Waals surface area contributed by atoms with Gasteiger partial charge in [-0.25, -0.2) is 0 Å². The molecule has 2 unspecified atom stereocenters. The smallest absolute Gasteiger partial charge is 0.191 e. The van der Waals surface area contributed by atoms with Gasteiger partial charge in [-0.15, -0.1) is 10.2 Å². The molecule has 8 nitrogen and oxygen atoms in total. The van der Waals surface area contributed by atoms with E-state index in [4.69, 9.17) is 14.5 Å². The van der Waals surface area contributed by atoms with Gasteiger partial charge in [-0.05, 0) is 26.3 Å². The number of aryl methyl sites for hydroxylation is 2. The molecule has 1 fully saturated rings. The standard InChI is InChI=1S/C22H34N6O2/c1-5-21-27-25-15-28(21)10-9-23-22(24-13-18-8-11-30-14-18)26-17(3)19-12-16(2)6-7-20(19)29-4/h6-7,12,15,17-18H,5,8-11,13-14H2,1-4H3,(H2,23,24,26). The summed E-state index contributed by atoms with van der Waals surface area (Å²) in [6.45, 7) is 10.2. The molecule has 0 amide bonds. The molecule has 0 spiro atoms. The number of ether oxygens (including phenoxy) is 2. The first-order valence-electron chi connectivity index (χ1n) is 10.7. The van der Waals surface area contributed by atoms with Gasteiger partial charge < -0.3 is 24.7 Å². The molecule has 1 aliphatic heterocycles. The number of benzene rings is 1. The molecule has 2 heterocycles. The first kappa shape index (κ1) is 22.1. The Morgan fingerprint density at radius 3 is 3.03 bits per heavy atom. The summed E-state index contributed by atoms with van der Waals surface area (Å²) in [5, 5.41) is 15.2. The van der Waals surface area contributed by atoms with E-state index in [0.29, 0.717) is 5.92 Å². The van der Waals surface area contributed by atoms with E-state index in [2.05, 4.69) is 58.3 Å². The Kier molecular flexibility index (Phi) is 8.07. The Morgan fingerprint density at radius 1 is 1.43 bits per heavy atom. The van der Waals surface area contributed by atoms with E-state index in [1.54, 1.807) is 13.4 Å². The number of aliphatic imine (C=N–C) groups is 1. The average Bonchev–Trinajstić information content (AvgIpc) is 3.43. The van der Waals surface area contributed by atoms with Crippen molar-refractivity contribution >= 4 is 5.96 Å². The molecule has 0 bridgehead atoms. The maximum Gasteiger partial charge on any atom is 0.191 e. The van der Waals surface area contributed by atoms with Crippen LogP contribution in [0.15, 0.2) is 29.5 Å². The van der Waals surface area contributed by atoms with Crippen LogP contribution in [-0.2, 0) is 17.7 Å². The van der Waals surface area contributed by atoms with Crippen LogP contribution in [0.4, 0.5) is 0 Å². The van der Waals surface area contributed by atoms with Crippen LogP contribution in [0, 0.1) is 12.8 Å². The number of methoxy groups -OCH3 is 1. The molecule has 2 N–H and O–H groups in total. The van der Waals surface area contributed by atoms with Crippen molar-refractivity contribution in [2.75, 3.05) is 33.4 Å². The molecule has 0 aliphatic carbocycles. The normalized spacial score (nSPS) is 17.7. The van der Waals surface area contributed by atoms with E-state index < -0.39 is 0 Å². The number of nitrogens with one attached hydrogen (secondary N) is 2. The van der Waals surface area contributed by atoms with E-state index in [1.807, 2.05) is 6.07 Å². The maximum absolute atomic E-state index is 5.57. The molecule has 2 atom stereocenters.